The Labute approximate surface area is 117 Å². The summed E-state index contributed by atoms with van der Waals surface area (Å²) in [7, 11) is 0. The predicted molar refractivity (Wildman–Crippen MR) is 76.2 cm³/mol. The van der Waals surface area contributed by atoms with Crippen molar-refractivity contribution in [2.24, 2.45) is 5.73 Å². The lowest BCUT2D eigenvalue weighted by Crippen LogP contribution is -2.14. The molecule has 2 N–H and O–H groups in total. The molecule has 4 heteroatoms. The number of pyridine rings is 1. The van der Waals surface area contributed by atoms with Crippen LogP contribution in [0.3, 0.4) is 0 Å². The minimum atomic E-state index is -0.315. The molecule has 1 aromatic heterocycles. The number of halogens is 2. The van der Waals surface area contributed by atoms with E-state index >= 15 is 0 Å². The normalized spacial score (nSPS) is 12.5. The number of hydrogen-bond donors (Lipinski definition) is 1. The Hall–Kier alpha value is -1.09. The molecule has 18 heavy (non-hydrogen) atoms. The van der Waals surface area contributed by atoms with E-state index in [-0.39, 0.29) is 6.04 Å². The third-order valence-electron chi connectivity index (χ3n) is 2.89. The first kappa shape index (κ1) is 13.3. The number of rotatable bonds is 2. The van der Waals surface area contributed by atoms with Crippen molar-refractivity contribution < 1.29 is 0 Å². The third kappa shape index (κ3) is 2.66. The van der Waals surface area contributed by atoms with E-state index in [1.165, 1.54) is 0 Å². The fourth-order valence-corrected chi connectivity index (χ4v) is 2.36. The number of nitrogens with zero attached hydrogens (tertiary/aromatic N) is 1. The number of benzene rings is 1. The second-order valence-electron chi connectivity index (χ2n) is 4.27. The Morgan fingerprint density at radius 2 is 1.78 bits per heavy atom. The van der Waals surface area contributed by atoms with Crippen molar-refractivity contribution in [1.29, 1.82) is 0 Å². The fourth-order valence-electron chi connectivity index (χ4n) is 1.95. The van der Waals surface area contributed by atoms with Gasteiger partial charge >= 0.3 is 0 Å². The van der Waals surface area contributed by atoms with Gasteiger partial charge in [0, 0.05) is 21.4 Å². The van der Waals surface area contributed by atoms with Crippen LogP contribution in [0.15, 0.2) is 30.3 Å². The Balaban J connectivity index is 2.47. The highest BCUT2D eigenvalue weighted by atomic mass is 35.5. The fraction of sp³-hybridized carbons (Fsp3) is 0.214. The summed E-state index contributed by atoms with van der Waals surface area (Å²) in [5.74, 6) is 0. The van der Waals surface area contributed by atoms with Crippen molar-refractivity contribution in [3.63, 3.8) is 0 Å². The van der Waals surface area contributed by atoms with Crippen molar-refractivity contribution in [3.8, 4) is 0 Å². The third-order valence-corrected chi connectivity index (χ3v) is 3.47. The molecular weight excluding hydrogens is 267 g/mol. The number of hydrogen-bond acceptors (Lipinski definition) is 2. The average molecular weight is 281 g/mol. The van der Waals surface area contributed by atoms with Gasteiger partial charge in [-0.05, 0) is 49.2 Å². The van der Waals surface area contributed by atoms with Gasteiger partial charge in [-0.1, -0.05) is 29.3 Å². The maximum Gasteiger partial charge on any atom is 0.0584 e. The van der Waals surface area contributed by atoms with Crippen molar-refractivity contribution in [2.75, 3.05) is 0 Å². The predicted octanol–water partition coefficient (Wildman–Crippen LogP) is 4.05. The van der Waals surface area contributed by atoms with E-state index in [9.17, 15) is 0 Å². The highest BCUT2D eigenvalue weighted by molar-refractivity contribution is 6.33. The van der Waals surface area contributed by atoms with Gasteiger partial charge in [0.2, 0.25) is 0 Å². The van der Waals surface area contributed by atoms with Crippen molar-refractivity contribution in [1.82, 2.24) is 4.98 Å². The van der Waals surface area contributed by atoms with Crippen molar-refractivity contribution in [3.05, 3.63) is 62.9 Å². The van der Waals surface area contributed by atoms with Crippen LogP contribution in [-0.4, -0.2) is 4.98 Å². The summed E-state index contributed by atoms with van der Waals surface area (Å²) in [5.41, 5.74) is 9.92. The monoisotopic (exact) mass is 280 g/mol. The molecule has 0 aliphatic heterocycles. The van der Waals surface area contributed by atoms with E-state index in [4.69, 9.17) is 28.9 Å². The van der Waals surface area contributed by atoms with Crippen LogP contribution in [0.4, 0.5) is 0 Å². The van der Waals surface area contributed by atoms with E-state index in [1.54, 1.807) is 18.2 Å². The van der Waals surface area contributed by atoms with Crippen LogP contribution in [0.5, 0.6) is 0 Å². The summed E-state index contributed by atoms with van der Waals surface area (Å²) in [4.78, 5) is 4.42. The van der Waals surface area contributed by atoms with Gasteiger partial charge in [-0.25, -0.2) is 0 Å². The molecule has 0 aliphatic carbocycles. The summed E-state index contributed by atoms with van der Waals surface area (Å²) in [5, 5.41) is 1.24. The molecule has 1 heterocycles. The van der Waals surface area contributed by atoms with Crippen LogP contribution in [0.2, 0.25) is 10.0 Å². The van der Waals surface area contributed by atoms with E-state index in [0.29, 0.717) is 10.0 Å². The first-order valence-electron chi connectivity index (χ1n) is 5.63. The molecule has 0 amide bonds. The maximum atomic E-state index is 6.25. The maximum absolute atomic E-state index is 6.25. The molecule has 0 spiro atoms. The van der Waals surface area contributed by atoms with Crippen LogP contribution >= 0.6 is 23.2 Å². The lowest BCUT2D eigenvalue weighted by atomic mass is 9.98. The molecule has 1 aromatic carbocycles. The average Bonchev–Trinajstić information content (AvgIpc) is 2.31. The largest absolute Gasteiger partial charge is 0.320 e. The molecule has 1 atom stereocenters. The van der Waals surface area contributed by atoms with Crippen molar-refractivity contribution >= 4 is 23.2 Å². The molecule has 0 bridgehead atoms. The number of aromatic nitrogens is 1. The zero-order valence-electron chi connectivity index (χ0n) is 10.2. The number of aryl methyl sites for hydroxylation is 2. The Morgan fingerprint density at radius 3 is 2.44 bits per heavy atom. The van der Waals surface area contributed by atoms with E-state index < -0.39 is 0 Å². The van der Waals surface area contributed by atoms with E-state index in [1.807, 2.05) is 26.0 Å². The smallest absolute Gasteiger partial charge is 0.0584 e. The summed E-state index contributed by atoms with van der Waals surface area (Å²) >= 11 is 12.1. The molecule has 0 saturated carbocycles. The van der Waals surface area contributed by atoms with Crippen LogP contribution < -0.4 is 5.73 Å². The topological polar surface area (TPSA) is 38.9 Å². The van der Waals surface area contributed by atoms with Gasteiger partial charge < -0.3 is 5.73 Å². The van der Waals surface area contributed by atoms with Gasteiger partial charge in [0.15, 0.2) is 0 Å². The minimum Gasteiger partial charge on any atom is -0.320 e. The Morgan fingerprint density at radius 1 is 1.06 bits per heavy atom. The molecular formula is C14H14Cl2N2. The van der Waals surface area contributed by atoms with Gasteiger partial charge in [-0.15, -0.1) is 0 Å². The standard InChI is InChI=1S/C14H14Cl2N2/c1-8-3-5-11(9(2)18-8)14(17)12-7-10(15)4-6-13(12)16/h3-7,14H,17H2,1-2H3. The minimum absolute atomic E-state index is 0.315. The lowest BCUT2D eigenvalue weighted by molar-refractivity contribution is 0.844. The molecule has 1 unspecified atom stereocenters. The van der Waals surface area contributed by atoms with Crippen molar-refractivity contribution in [2.45, 2.75) is 19.9 Å². The van der Waals surface area contributed by atoms with Gasteiger partial charge in [-0.3, -0.25) is 4.98 Å². The number of nitrogens with two attached hydrogens (primary N) is 1. The van der Waals surface area contributed by atoms with E-state index in [0.717, 1.165) is 22.5 Å². The van der Waals surface area contributed by atoms with Crippen LogP contribution in [0, 0.1) is 13.8 Å². The molecule has 2 nitrogen and oxygen atoms in total. The first-order chi connectivity index (χ1) is 8.49. The first-order valence-corrected chi connectivity index (χ1v) is 6.39. The van der Waals surface area contributed by atoms with Gasteiger partial charge in [0.05, 0.1) is 6.04 Å². The molecule has 2 rings (SSSR count). The van der Waals surface area contributed by atoms with Crippen LogP contribution in [-0.2, 0) is 0 Å². The van der Waals surface area contributed by atoms with Crippen LogP contribution in [0.25, 0.3) is 0 Å². The molecule has 0 fully saturated rings. The van der Waals surface area contributed by atoms with E-state index in [2.05, 4.69) is 4.98 Å². The molecule has 0 saturated heterocycles. The lowest BCUT2D eigenvalue weighted by Gasteiger charge is -2.16. The zero-order chi connectivity index (χ0) is 13.3. The highest BCUT2D eigenvalue weighted by Gasteiger charge is 2.15. The summed E-state index contributed by atoms with van der Waals surface area (Å²) < 4.78 is 0. The summed E-state index contributed by atoms with van der Waals surface area (Å²) in [6, 6.07) is 8.93. The molecule has 0 aliphatic rings. The molecule has 2 aromatic rings. The Kier molecular flexibility index (Phi) is 3.91. The second-order valence-corrected chi connectivity index (χ2v) is 5.11. The molecule has 0 radical (unpaired) electrons. The van der Waals surface area contributed by atoms with Gasteiger partial charge in [0.1, 0.15) is 0 Å². The quantitative estimate of drug-likeness (QED) is 0.901. The SMILES string of the molecule is Cc1ccc(C(N)c2cc(Cl)ccc2Cl)c(C)n1. The highest BCUT2D eigenvalue weighted by Crippen LogP contribution is 2.30. The second kappa shape index (κ2) is 5.27. The summed E-state index contributed by atoms with van der Waals surface area (Å²) in [6.45, 7) is 3.90. The zero-order valence-corrected chi connectivity index (χ0v) is 11.8. The van der Waals surface area contributed by atoms with Crippen LogP contribution in [0.1, 0.15) is 28.6 Å². The van der Waals surface area contributed by atoms with Gasteiger partial charge in [-0.2, -0.15) is 0 Å². The molecule has 94 valence electrons. The summed E-state index contributed by atoms with van der Waals surface area (Å²) in [6.07, 6.45) is 0. The Bertz CT molecular complexity index is 582. The van der Waals surface area contributed by atoms with Gasteiger partial charge in [0.25, 0.3) is 0 Å².